The van der Waals surface area contributed by atoms with Crippen LogP contribution in [0.4, 0.5) is 0 Å². The number of carbonyl (C=O) groups is 6. The lowest BCUT2D eigenvalue weighted by Crippen LogP contribution is -2.61. The lowest BCUT2D eigenvalue weighted by atomic mass is 9.85. The molecule has 11 N–H and O–H groups in total. The van der Waals surface area contributed by atoms with Crippen LogP contribution in [0.1, 0.15) is 98.5 Å². The van der Waals surface area contributed by atoms with Gasteiger partial charge in [-0.3, -0.25) is 29.0 Å². The number of carboxylic acids is 1. The van der Waals surface area contributed by atoms with E-state index in [1.165, 1.54) is 17.0 Å². The number of phenols is 1. The number of aliphatic carboxylic acids is 1. The molecule has 17 heteroatoms. The van der Waals surface area contributed by atoms with Gasteiger partial charge in [-0.15, -0.1) is 0 Å². The number of hydrogen-bond acceptors (Lipinski definition) is 9. The van der Waals surface area contributed by atoms with Crippen molar-refractivity contribution in [1.29, 1.82) is 0 Å². The van der Waals surface area contributed by atoms with E-state index in [1.807, 2.05) is 27.8 Å². The number of amides is 5. The van der Waals surface area contributed by atoms with E-state index in [2.05, 4.69) is 31.6 Å². The molecule has 0 radical (unpaired) electrons. The van der Waals surface area contributed by atoms with Crippen LogP contribution in [0.2, 0.25) is 0 Å². The second-order valence-corrected chi connectivity index (χ2v) is 16.5. The highest BCUT2D eigenvalue weighted by Crippen LogP contribution is 2.23. The van der Waals surface area contributed by atoms with Gasteiger partial charge in [0.1, 0.15) is 36.0 Å². The van der Waals surface area contributed by atoms with Gasteiger partial charge < -0.3 is 53.2 Å². The maximum Gasteiger partial charge on any atom is 0.326 e. The van der Waals surface area contributed by atoms with Gasteiger partial charge in [-0.25, -0.2) is 4.79 Å². The van der Waals surface area contributed by atoms with Crippen molar-refractivity contribution in [2.24, 2.45) is 33.7 Å². The van der Waals surface area contributed by atoms with Gasteiger partial charge in [-0.1, -0.05) is 60.1 Å². The van der Waals surface area contributed by atoms with Crippen LogP contribution >= 0.6 is 0 Å². The Labute approximate surface area is 336 Å². The predicted molar refractivity (Wildman–Crippen MR) is 218 cm³/mol. The van der Waals surface area contributed by atoms with E-state index >= 15 is 0 Å². The van der Waals surface area contributed by atoms with Crippen LogP contribution in [0.15, 0.2) is 29.3 Å². The lowest BCUT2D eigenvalue weighted by molar-refractivity contribution is -0.144. The molecule has 0 saturated carbocycles. The number of nitrogens with one attached hydrogen (secondary N) is 5. The second-order valence-electron chi connectivity index (χ2n) is 16.5. The average molecular weight is 802 g/mol. The van der Waals surface area contributed by atoms with Gasteiger partial charge in [0, 0.05) is 25.4 Å². The summed E-state index contributed by atoms with van der Waals surface area (Å²) in [7, 11) is 1.86. The van der Waals surface area contributed by atoms with Gasteiger partial charge in [0.05, 0.1) is 0 Å². The number of phenolic OH excluding ortho intramolecular Hbond substituents is 1. The topological polar surface area (TPSA) is 271 Å². The fourth-order valence-electron chi connectivity index (χ4n) is 6.67. The van der Waals surface area contributed by atoms with E-state index in [4.69, 9.17) is 11.5 Å². The van der Waals surface area contributed by atoms with Gasteiger partial charge in [-0.2, -0.15) is 0 Å². The van der Waals surface area contributed by atoms with Crippen LogP contribution in [-0.2, 0) is 35.2 Å². The molecule has 1 heterocycles. The summed E-state index contributed by atoms with van der Waals surface area (Å²) >= 11 is 0. The van der Waals surface area contributed by atoms with Gasteiger partial charge in [0.15, 0.2) is 5.96 Å². The largest absolute Gasteiger partial charge is 0.508 e. The first-order chi connectivity index (χ1) is 26.7. The smallest absolute Gasteiger partial charge is 0.326 e. The molecule has 1 saturated heterocycles. The molecule has 0 bridgehead atoms. The number of aliphatic imine (C=N–C) groups is 1. The molecule has 0 aliphatic carbocycles. The summed E-state index contributed by atoms with van der Waals surface area (Å²) in [6.07, 6.45) is 3.93. The highest BCUT2D eigenvalue weighted by molar-refractivity contribution is 5.96. The number of rotatable bonds is 23. The predicted octanol–water partition coefficient (Wildman–Crippen LogP) is 1.12. The molecule has 1 aromatic carbocycles. The Hall–Kier alpha value is -4.93. The molecule has 0 unspecified atom stereocenters. The monoisotopic (exact) mass is 802 g/mol. The zero-order chi connectivity index (χ0) is 42.9. The number of nitrogens with zero attached hydrogens (tertiary/aromatic N) is 2. The fourth-order valence-corrected chi connectivity index (χ4v) is 6.67. The molecule has 0 aromatic heterocycles. The third-order valence-corrected chi connectivity index (χ3v) is 9.91. The SMILES string of the molecule is CNCCCC[C@H](C)C(=O)N[C@@H](CCCN=C(N)N)C(=O)N1CCC[C@H]1C(=O)N[C@@H](Cc1ccc(O)cc1)C(=O)N[C@H](C(=O)N[C@@H](CC(C)C)C(=O)O)C(C)(C)C. The molecule has 17 nitrogen and oxygen atoms in total. The summed E-state index contributed by atoms with van der Waals surface area (Å²) in [6, 6.07) is 0.582. The Kier molecular flexibility index (Phi) is 19.7. The van der Waals surface area contributed by atoms with Crippen LogP contribution < -0.4 is 38.1 Å². The summed E-state index contributed by atoms with van der Waals surface area (Å²) < 4.78 is 0. The van der Waals surface area contributed by atoms with Gasteiger partial charge >= 0.3 is 5.97 Å². The highest BCUT2D eigenvalue weighted by atomic mass is 16.4. The Bertz CT molecular complexity index is 1530. The van der Waals surface area contributed by atoms with E-state index in [-0.39, 0.29) is 61.8 Å². The number of carbonyl (C=O) groups excluding carboxylic acids is 5. The Balaban J connectivity index is 2.36. The minimum absolute atomic E-state index is 0.00544. The van der Waals surface area contributed by atoms with E-state index in [0.29, 0.717) is 31.2 Å². The molecule has 320 valence electrons. The van der Waals surface area contributed by atoms with Crippen LogP contribution in [0.25, 0.3) is 0 Å². The van der Waals surface area contributed by atoms with Crippen molar-refractivity contribution in [3.05, 3.63) is 29.8 Å². The number of carboxylic acid groups (broad SMARTS) is 1. The molecule has 1 aromatic rings. The number of hydrogen-bond donors (Lipinski definition) is 9. The standard InChI is InChI=1S/C40H67N9O8/c1-24(2)22-30(38(56)57)47-36(54)32(40(4,5)6)48-34(52)29(23-26-15-17-27(50)18-16-26)46-35(53)31-14-11-21-49(31)37(55)28(13-10-20-44-39(41)42)45-33(51)25(3)12-8-9-19-43-7/h15-18,24-25,28-32,43,50H,8-14,19-23H2,1-7H3,(H,45,51)(H,46,53)(H,47,54)(H,48,52)(H,56,57)(H4,41,42,44)/t25-,28-,29-,30-,31-,32+/m0/s1. The highest BCUT2D eigenvalue weighted by Gasteiger charge is 2.41. The van der Waals surface area contributed by atoms with E-state index in [1.54, 1.807) is 32.9 Å². The van der Waals surface area contributed by atoms with Crippen molar-refractivity contribution in [2.45, 2.75) is 130 Å². The zero-order valence-electron chi connectivity index (χ0n) is 34.7. The second kappa shape index (κ2) is 23.3. The van der Waals surface area contributed by atoms with Crippen molar-refractivity contribution in [3.8, 4) is 5.75 Å². The molecule has 6 atom stereocenters. The third kappa shape index (κ3) is 16.6. The zero-order valence-corrected chi connectivity index (χ0v) is 34.7. The van der Waals surface area contributed by atoms with E-state index < -0.39 is 65.2 Å². The molecular formula is C40H67N9O8. The normalized spacial score (nSPS) is 16.8. The number of aromatic hydroxyl groups is 1. The van der Waals surface area contributed by atoms with Crippen LogP contribution in [0.3, 0.4) is 0 Å². The average Bonchev–Trinajstić information content (AvgIpc) is 3.63. The van der Waals surface area contributed by atoms with Crippen molar-refractivity contribution in [3.63, 3.8) is 0 Å². The van der Waals surface area contributed by atoms with Gasteiger partial charge in [-0.05, 0) is 87.6 Å². The Morgan fingerprint density at radius 1 is 0.860 bits per heavy atom. The summed E-state index contributed by atoms with van der Waals surface area (Å²) in [4.78, 5) is 86.6. The minimum atomic E-state index is -1.23. The summed E-state index contributed by atoms with van der Waals surface area (Å²) in [5.41, 5.74) is 10.7. The molecule has 0 spiro atoms. The molecule has 1 aliphatic rings. The third-order valence-electron chi connectivity index (χ3n) is 9.91. The van der Waals surface area contributed by atoms with Gasteiger partial charge in [0.25, 0.3) is 0 Å². The van der Waals surface area contributed by atoms with Gasteiger partial charge in [0.2, 0.25) is 29.5 Å². The number of likely N-dealkylation sites (tertiary alicyclic amines) is 1. The first kappa shape index (κ1) is 48.2. The summed E-state index contributed by atoms with van der Waals surface area (Å²) in [6.45, 7) is 12.0. The summed E-state index contributed by atoms with van der Waals surface area (Å²) in [5.74, 6) is -4.37. The van der Waals surface area contributed by atoms with Crippen LogP contribution in [0, 0.1) is 17.3 Å². The molecule has 5 amide bonds. The number of unbranched alkanes of at least 4 members (excludes halogenated alkanes) is 1. The van der Waals surface area contributed by atoms with Crippen molar-refractivity contribution in [2.75, 3.05) is 26.7 Å². The quantitative estimate of drug-likeness (QED) is 0.0430. The first-order valence-electron chi connectivity index (χ1n) is 20.0. The van der Waals surface area contributed by atoms with Crippen molar-refractivity contribution in [1.82, 2.24) is 31.5 Å². The molecule has 57 heavy (non-hydrogen) atoms. The number of nitrogens with two attached hydrogens (primary N) is 2. The maximum absolute atomic E-state index is 14.2. The lowest BCUT2D eigenvalue weighted by Gasteiger charge is -2.33. The summed E-state index contributed by atoms with van der Waals surface area (Å²) in [5, 5.41) is 33.8. The fraction of sp³-hybridized carbons (Fsp3) is 0.675. The molecule has 1 fully saturated rings. The Morgan fingerprint density at radius 3 is 2.09 bits per heavy atom. The van der Waals surface area contributed by atoms with Crippen molar-refractivity contribution >= 4 is 41.5 Å². The van der Waals surface area contributed by atoms with Crippen LogP contribution in [0.5, 0.6) is 5.75 Å². The maximum atomic E-state index is 14.2. The van der Waals surface area contributed by atoms with Crippen LogP contribution in [-0.4, -0.2) is 113 Å². The number of guanidine groups is 1. The number of benzene rings is 1. The minimum Gasteiger partial charge on any atom is -0.508 e. The molecule has 2 rings (SSSR count). The Morgan fingerprint density at radius 2 is 1.51 bits per heavy atom. The van der Waals surface area contributed by atoms with E-state index in [9.17, 15) is 39.0 Å². The van der Waals surface area contributed by atoms with E-state index in [0.717, 1.165) is 19.4 Å². The molecule has 1 aliphatic heterocycles. The van der Waals surface area contributed by atoms with Crippen molar-refractivity contribution < 1.29 is 39.0 Å². The first-order valence-corrected chi connectivity index (χ1v) is 20.0. The molecular weight excluding hydrogens is 734 g/mol.